The fraction of sp³-hybridized carbons (Fsp3) is 0.100. The molecule has 0 radical (unpaired) electrons. The molecule has 0 saturated carbocycles. The molecule has 3 heteroatoms. The van der Waals surface area contributed by atoms with Crippen LogP contribution in [-0.4, -0.2) is 39.0 Å². The van der Waals surface area contributed by atoms with Gasteiger partial charge in [0.1, 0.15) is 0 Å². The molecule has 0 aliphatic rings. The monoisotopic (exact) mass is 186 g/mol. The Balaban J connectivity index is 0.000000671. The molecule has 0 bridgehead atoms. The van der Waals surface area contributed by atoms with Crippen molar-refractivity contribution >= 4 is 40.0 Å². The van der Waals surface area contributed by atoms with Crippen LogP contribution in [0.3, 0.4) is 0 Å². The van der Waals surface area contributed by atoms with E-state index in [9.17, 15) is 4.79 Å². The zero-order valence-corrected chi connectivity index (χ0v) is 9.90. The summed E-state index contributed by atoms with van der Waals surface area (Å²) in [6.45, 7) is 0. The summed E-state index contributed by atoms with van der Waals surface area (Å²) in [6.07, 6.45) is 2.68. The van der Waals surface area contributed by atoms with Gasteiger partial charge in [-0.05, 0) is 11.6 Å². The van der Waals surface area contributed by atoms with Crippen molar-refractivity contribution < 1.29 is 9.90 Å². The van der Waals surface area contributed by atoms with Gasteiger partial charge in [-0.2, -0.15) is 0 Å². The molecule has 0 aliphatic carbocycles. The van der Waals surface area contributed by atoms with Gasteiger partial charge in [-0.25, -0.2) is 4.79 Å². The molecule has 0 aliphatic heterocycles. The summed E-state index contributed by atoms with van der Waals surface area (Å²) in [5.74, 6) is -0.922. The Kier molecular flexibility index (Phi) is 7.69. The molecule has 0 amide bonds. The van der Waals surface area contributed by atoms with E-state index >= 15 is 0 Å². The quantitative estimate of drug-likeness (QED) is 0.566. The fourth-order valence-electron chi connectivity index (χ4n) is 0.732. The summed E-state index contributed by atoms with van der Waals surface area (Å²) in [4.78, 5) is 10.1. The normalized spacial score (nSPS) is 9.15. The minimum absolute atomic E-state index is 0.898. The second-order valence-corrected chi connectivity index (χ2v) is 2.08. The van der Waals surface area contributed by atoms with Crippen molar-refractivity contribution in [2.75, 3.05) is 0 Å². The van der Waals surface area contributed by atoms with E-state index in [1.54, 1.807) is 6.08 Å². The van der Waals surface area contributed by atoms with Gasteiger partial charge in [-0.3, -0.25) is 0 Å². The topological polar surface area (TPSA) is 37.3 Å². The van der Waals surface area contributed by atoms with Crippen molar-refractivity contribution in [3.63, 3.8) is 0 Å². The minimum atomic E-state index is -0.922. The zero-order chi connectivity index (χ0) is 10.1. The van der Waals surface area contributed by atoms with E-state index in [1.165, 1.54) is 27.9 Å². The van der Waals surface area contributed by atoms with Gasteiger partial charge >= 0.3 is 38.1 Å². The molecule has 0 fully saturated rings. The van der Waals surface area contributed by atoms with E-state index in [-0.39, 0.29) is 0 Å². The predicted octanol–water partition coefficient (Wildman–Crippen LogP) is 1.99. The molecule has 1 rings (SSSR count). The van der Waals surface area contributed by atoms with Gasteiger partial charge in [0, 0.05) is 6.08 Å². The van der Waals surface area contributed by atoms with E-state index < -0.39 is 5.97 Å². The molecule has 0 atom stereocenters. The van der Waals surface area contributed by atoms with Crippen molar-refractivity contribution in [2.24, 2.45) is 0 Å². The maximum atomic E-state index is 10.1. The first-order valence-corrected chi connectivity index (χ1v) is 6.25. The maximum absolute atomic E-state index is 10.1. The van der Waals surface area contributed by atoms with E-state index in [4.69, 9.17) is 5.11 Å². The van der Waals surface area contributed by atoms with Gasteiger partial charge in [0.05, 0.1) is 0 Å². The SMILES string of the molecule is O=C(O)C=Cc1ccccc1.[CH3][Na]. The average molecular weight is 186 g/mol. The average Bonchev–Trinajstić information content (AvgIpc) is 2.19. The van der Waals surface area contributed by atoms with Crippen LogP contribution in [-0.2, 0) is 4.79 Å². The molecular weight excluding hydrogens is 175 g/mol. The molecule has 64 valence electrons. The van der Waals surface area contributed by atoms with Crippen LogP contribution in [0.5, 0.6) is 0 Å². The second kappa shape index (κ2) is 8.05. The van der Waals surface area contributed by atoms with Crippen LogP contribution in [0.1, 0.15) is 5.56 Å². The summed E-state index contributed by atoms with van der Waals surface area (Å²) in [5.41, 5.74) is 0.898. The van der Waals surface area contributed by atoms with Gasteiger partial charge in [-0.1, -0.05) is 30.3 Å². The Morgan fingerprint density at radius 1 is 1.31 bits per heavy atom. The van der Waals surface area contributed by atoms with Crippen LogP contribution in [0.15, 0.2) is 36.4 Å². The third-order valence-corrected chi connectivity index (χ3v) is 1.22. The van der Waals surface area contributed by atoms with Gasteiger partial charge < -0.3 is 5.11 Å². The molecule has 1 N–H and O–H groups in total. The number of rotatable bonds is 2. The molecule has 0 heterocycles. The molecule has 0 unspecified atom stereocenters. The van der Waals surface area contributed by atoms with Crippen LogP contribution < -0.4 is 0 Å². The van der Waals surface area contributed by atoms with Crippen molar-refractivity contribution in [1.29, 1.82) is 0 Å². The predicted molar refractivity (Wildman–Crippen MR) is 54.7 cm³/mol. The summed E-state index contributed by atoms with van der Waals surface area (Å²) in [7, 11) is 0. The van der Waals surface area contributed by atoms with Crippen LogP contribution in [0.4, 0.5) is 0 Å². The number of carboxylic acid groups (broad SMARTS) is 1. The van der Waals surface area contributed by atoms with Crippen LogP contribution in [0.2, 0.25) is 4.17 Å². The molecular formula is C10H11NaO2. The third-order valence-electron chi connectivity index (χ3n) is 1.22. The summed E-state index contributed by atoms with van der Waals surface area (Å²) in [6, 6.07) is 9.31. The Morgan fingerprint density at radius 3 is 2.31 bits per heavy atom. The molecule has 1 aromatic carbocycles. The van der Waals surface area contributed by atoms with Crippen molar-refractivity contribution in [3.8, 4) is 0 Å². The van der Waals surface area contributed by atoms with E-state index in [1.807, 2.05) is 30.3 Å². The van der Waals surface area contributed by atoms with Crippen molar-refractivity contribution in [1.82, 2.24) is 0 Å². The number of benzene rings is 1. The summed E-state index contributed by atoms with van der Waals surface area (Å²) < 4.78 is 2.14. The van der Waals surface area contributed by atoms with E-state index in [2.05, 4.69) is 4.17 Å². The fourth-order valence-corrected chi connectivity index (χ4v) is 0.732. The van der Waals surface area contributed by atoms with Crippen LogP contribution >= 0.6 is 0 Å². The van der Waals surface area contributed by atoms with E-state index in [0.29, 0.717) is 0 Å². The second-order valence-electron chi connectivity index (χ2n) is 2.08. The Hall–Kier alpha value is -0.570. The van der Waals surface area contributed by atoms with Gasteiger partial charge in [-0.15, -0.1) is 0 Å². The molecule has 0 saturated heterocycles. The molecule has 1 aromatic rings. The first-order chi connectivity index (χ1) is 6.29. The van der Waals surface area contributed by atoms with Gasteiger partial charge in [0.15, 0.2) is 0 Å². The Morgan fingerprint density at radius 2 is 1.85 bits per heavy atom. The standard InChI is InChI=1S/C9H8O2.CH3.Na/c10-9(11)7-6-8-4-2-1-3-5-8;;/h1-7H,(H,10,11);1H3;. The Bertz CT molecular complexity index is 268. The molecule has 13 heavy (non-hydrogen) atoms. The number of carboxylic acids is 1. The van der Waals surface area contributed by atoms with Gasteiger partial charge in [0.25, 0.3) is 0 Å². The first kappa shape index (κ1) is 12.4. The number of hydrogen-bond donors (Lipinski definition) is 1. The number of aliphatic carboxylic acids is 1. The molecule has 2 nitrogen and oxygen atoms in total. The third kappa shape index (κ3) is 6.58. The number of hydrogen-bond acceptors (Lipinski definition) is 1. The van der Waals surface area contributed by atoms with Crippen LogP contribution in [0, 0.1) is 0 Å². The summed E-state index contributed by atoms with van der Waals surface area (Å²) in [5, 5.41) is 8.29. The van der Waals surface area contributed by atoms with Gasteiger partial charge in [0.2, 0.25) is 0 Å². The van der Waals surface area contributed by atoms with Crippen molar-refractivity contribution in [3.05, 3.63) is 42.0 Å². The van der Waals surface area contributed by atoms with Crippen molar-refractivity contribution in [2.45, 2.75) is 4.17 Å². The molecule has 0 spiro atoms. The summed E-state index contributed by atoms with van der Waals surface area (Å²) >= 11 is 1.31. The van der Waals surface area contributed by atoms with E-state index in [0.717, 1.165) is 11.6 Å². The number of carbonyl (C=O) groups is 1. The Labute approximate surface area is 95.7 Å². The molecule has 0 aromatic heterocycles. The first-order valence-electron chi connectivity index (χ1n) is 4.25. The van der Waals surface area contributed by atoms with Crippen LogP contribution in [0.25, 0.3) is 6.08 Å². The zero-order valence-electron chi connectivity index (χ0n) is 7.90.